The topological polar surface area (TPSA) is 33.1 Å². The Morgan fingerprint density at radius 1 is 1.32 bits per heavy atom. The highest BCUT2D eigenvalue weighted by Crippen LogP contribution is 2.28. The van der Waals surface area contributed by atoms with Crippen molar-refractivity contribution in [3.05, 3.63) is 11.9 Å². The van der Waals surface area contributed by atoms with Crippen LogP contribution in [0.2, 0.25) is 0 Å². The van der Waals surface area contributed by atoms with Crippen molar-refractivity contribution in [1.82, 2.24) is 14.9 Å². The van der Waals surface area contributed by atoms with Crippen LogP contribution in [0.4, 0.5) is 5.95 Å². The fourth-order valence-electron chi connectivity index (χ4n) is 3.63. The van der Waals surface area contributed by atoms with Gasteiger partial charge in [-0.1, -0.05) is 0 Å². The second kappa shape index (κ2) is 5.53. The van der Waals surface area contributed by atoms with Crippen LogP contribution in [0.3, 0.4) is 0 Å². The van der Waals surface area contributed by atoms with Gasteiger partial charge in [0, 0.05) is 31.9 Å². The Hall–Kier alpha value is -1.03. The average molecular weight is 262 g/mol. The maximum Gasteiger partial charge on any atom is 0.205 e. The molecule has 0 bridgehead atoms. The Labute approximate surface area is 116 Å². The predicted molar refractivity (Wildman–Crippen MR) is 78.6 cm³/mol. The van der Waals surface area contributed by atoms with Crippen LogP contribution < -0.4 is 10.2 Å². The fraction of sp³-hybridized carbons (Fsp3) is 0.800. The summed E-state index contributed by atoms with van der Waals surface area (Å²) in [6, 6.07) is 0.787. The summed E-state index contributed by atoms with van der Waals surface area (Å²) in [4.78, 5) is 7.18. The number of anilines is 1. The molecular formula is C15H26N4. The molecule has 2 saturated heterocycles. The SMILES string of the molecule is CCn1cc(C)nc1N1CCC(C2CCCN2)CC1. The van der Waals surface area contributed by atoms with E-state index >= 15 is 0 Å². The second-order valence-corrected chi connectivity index (χ2v) is 6.00. The Morgan fingerprint density at radius 2 is 2.11 bits per heavy atom. The van der Waals surface area contributed by atoms with Crippen molar-refractivity contribution in [2.75, 3.05) is 24.5 Å². The third-order valence-electron chi connectivity index (χ3n) is 4.71. The molecule has 2 aliphatic rings. The number of aromatic nitrogens is 2. The lowest BCUT2D eigenvalue weighted by molar-refractivity contribution is 0.316. The van der Waals surface area contributed by atoms with Crippen LogP contribution in [0.15, 0.2) is 6.20 Å². The number of rotatable bonds is 3. The Balaban J connectivity index is 1.62. The molecule has 4 nitrogen and oxygen atoms in total. The third kappa shape index (κ3) is 2.64. The Kier molecular flexibility index (Phi) is 3.78. The molecule has 0 saturated carbocycles. The van der Waals surface area contributed by atoms with Crippen molar-refractivity contribution in [2.24, 2.45) is 5.92 Å². The molecular weight excluding hydrogens is 236 g/mol. The van der Waals surface area contributed by atoms with Crippen LogP contribution in [0.25, 0.3) is 0 Å². The minimum atomic E-state index is 0.787. The molecule has 2 aliphatic heterocycles. The highest BCUT2D eigenvalue weighted by atomic mass is 15.3. The van der Waals surface area contributed by atoms with Crippen molar-refractivity contribution in [2.45, 2.75) is 52.1 Å². The zero-order valence-corrected chi connectivity index (χ0v) is 12.2. The molecule has 1 N–H and O–H groups in total. The van der Waals surface area contributed by atoms with Gasteiger partial charge in [-0.2, -0.15) is 0 Å². The maximum absolute atomic E-state index is 4.70. The van der Waals surface area contributed by atoms with E-state index in [1.807, 2.05) is 0 Å². The quantitative estimate of drug-likeness (QED) is 0.906. The van der Waals surface area contributed by atoms with E-state index in [9.17, 15) is 0 Å². The highest BCUT2D eigenvalue weighted by molar-refractivity contribution is 5.34. The summed E-state index contributed by atoms with van der Waals surface area (Å²) in [6.07, 6.45) is 7.54. The van der Waals surface area contributed by atoms with Crippen LogP contribution >= 0.6 is 0 Å². The van der Waals surface area contributed by atoms with Gasteiger partial charge in [0.25, 0.3) is 0 Å². The minimum Gasteiger partial charge on any atom is -0.342 e. The molecule has 1 aromatic rings. The van der Waals surface area contributed by atoms with Crippen molar-refractivity contribution in [3.8, 4) is 0 Å². The Morgan fingerprint density at radius 3 is 2.74 bits per heavy atom. The summed E-state index contributed by atoms with van der Waals surface area (Å²) in [6.45, 7) is 8.86. The van der Waals surface area contributed by atoms with E-state index in [0.29, 0.717) is 0 Å². The van der Waals surface area contributed by atoms with E-state index < -0.39 is 0 Å². The first kappa shape index (κ1) is 13.0. The van der Waals surface area contributed by atoms with E-state index in [1.54, 1.807) is 0 Å². The van der Waals surface area contributed by atoms with Gasteiger partial charge in [-0.3, -0.25) is 0 Å². The summed E-state index contributed by atoms with van der Waals surface area (Å²) in [5.74, 6) is 2.06. The van der Waals surface area contributed by atoms with Crippen LogP contribution in [0.1, 0.15) is 38.3 Å². The number of nitrogens with zero attached hydrogens (tertiary/aromatic N) is 3. The summed E-state index contributed by atoms with van der Waals surface area (Å²) >= 11 is 0. The predicted octanol–water partition coefficient (Wildman–Crippen LogP) is 2.18. The van der Waals surface area contributed by atoms with Crippen molar-refractivity contribution < 1.29 is 0 Å². The van der Waals surface area contributed by atoms with Crippen molar-refractivity contribution >= 4 is 5.95 Å². The summed E-state index contributed by atoms with van der Waals surface area (Å²) in [5.41, 5.74) is 1.14. The van der Waals surface area contributed by atoms with Gasteiger partial charge >= 0.3 is 0 Å². The molecule has 3 heterocycles. The van der Waals surface area contributed by atoms with Gasteiger partial charge in [0.15, 0.2) is 0 Å². The number of hydrogen-bond acceptors (Lipinski definition) is 3. The monoisotopic (exact) mass is 262 g/mol. The number of hydrogen-bond donors (Lipinski definition) is 1. The average Bonchev–Trinajstić information content (AvgIpc) is 3.08. The molecule has 0 radical (unpaired) electrons. The van der Waals surface area contributed by atoms with Crippen LogP contribution in [-0.2, 0) is 6.54 Å². The molecule has 0 spiro atoms. The number of nitrogens with one attached hydrogen (secondary N) is 1. The Bertz CT molecular complexity index is 412. The number of aryl methyl sites for hydroxylation is 2. The number of piperidine rings is 1. The summed E-state index contributed by atoms with van der Waals surface area (Å²) < 4.78 is 2.28. The standard InChI is InChI=1S/C15H26N4/c1-3-18-11-12(2)17-15(18)19-9-6-13(7-10-19)14-5-4-8-16-14/h11,13-14,16H,3-10H2,1-2H3. The molecule has 3 rings (SSSR count). The number of imidazole rings is 1. The van der Waals surface area contributed by atoms with Gasteiger partial charge in [0.05, 0.1) is 5.69 Å². The smallest absolute Gasteiger partial charge is 0.205 e. The van der Waals surface area contributed by atoms with E-state index in [2.05, 4.69) is 34.8 Å². The van der Waals surface area contributed by atoms with Gasteiger partial charge in [-0.05, 0) is 52.0 Å². The van der Waals surface area contributed by atoms with Crippen LogP contribution in [0.5, 0.6) is 0 Å². The van der Waals surface area contributed by atoms with Crippen molar-refractivity contribution in [1.29, 1.82) is 0 Å². The van der Waals surface area contributed by atoms with Gasteiger partial charge in [-0.15, -0.1) is 0 Å². The zero-order valence-electron chi connectivity index (χ0n) is 12.2. The first-order valence-electron chi connectivity index (χ1n) is 7.80. The van der Waals surface area contributed by atoms with Crippen LogP contribution in [-0.4, -0.2) is 35.2 Å². The molecule has 19 heavy (non-hydrogen) atoms. The third-order valence-corrected chi connectivity index (χ3v) is 4.71. The van der Waals surface area contributed by atoms with Gasteiger partial charge < -0.3 is 14.8 Å². The first-order chi connectivity index (χ1) is 9.28. The highest BCUT2D eigenvalue weighted by Gasteiger charge is 2.29. The summed E-state index contributed by atoms with van der Waals surface area (Å²) in [7, 11) is 0. The summed E-state index contributed by atoms with van der Waals surface area (Å²) in [5, 5.41) is 3.67. The van der Waals surface area contributed by atoms with E-state index in [4.69, 9.17) is 4.98 Å². The van der Waals surface area contributed by atoms with E-state index in [0.717, 1.165) is 24.2 Å². The van der Waals surface area contributed by atoms with Gasteiger partial charge in [-0.25, -0.2) is 4.98 Å². The lowest BCUT2D eigenvalue weighted by Crippen LogP contribution is -2.41. The van der Waals surface area contributed by atoms with Crippen LogP contribution in [0, 0.1) is 12.8 Å². The van der Waals surface area contributed by atoms with Crippen molar-refractivity contribution in [3.63, 3.8) is 0 Å². The first-order valence-corrected chi connectivity index (χ1v) is 7.80. The van der Waals surface area contributed by atoms with Gasteiger partial charge in [0.2, 0.25) is 5.95 Å². The molecule has 2 fully saturated rings. The van der Waals surface area contributed by atoms with Gasteiger partial charge in [0.1, 0.15) is 0 Å². The lowest BCUT2D eigenvalue weighted by Gasteiger charge is -2.35. The fourth-order valence-corrected chi connectivity index (χ4v) is 3.63. The molecule has 0 aromatic carbocycles. The molecule has 1 aromatic heterocycles. The normalized spacial score (nSPS) is 25.2. The minimum absolute atomic E-state index is 0.787. The zero-order chi connectivity index (χ0) is 13.2. The lowest BCUT2D eigenvalue weighted by atomic mass is 9.89. The molecule has 1 unspecified atom stereocenters. The van der Waals surface area contributed by atoms with E-state index in [1.165, 1.54) is 51.3 Å². The molecule has 4 heteroatoms. The molecule has 0 amide bonds. The molecule has 1 atom stereocenters. The molecule has 106 valence electrons. The second-order valence-electron chi connectivity index (χ2n) is 6.00. The maximum atomic E-state index is 4.70. The largest absolute Gasteiger partial charge is 0.342 e. The van der Waals surface area contributed by atoms with E-state index in [-0.39, 0.29) is 0 Å². The molecule has 0 aliphatic carbocycles.